The van der Waals surface area contributed by atoms with E-state index >= 15 is 0 Å². The van der Waals surface area contributed by atoms with Crippen LogP contribution in [0.25, 0.3) is 11.4 Å². The summed E-state index contributed by atoms with van der Waals surface area (Å²) in [5, 5.41) is -0.390. The number of rotatable bonds is 7. The quantitative estimate of drug-likeness (QED) is 0.358. The Bertz CT molecular complexity index is 1590. The highest BCUT2D eigenvalue weighted by atomic mass is 32.2. The molecule has 4 aromatic rings. The van der Waals surface area contributed by atoms with Crippen LogP contribution >= 0.6 is 0 Å². The van der Waals surface area contributed by atoms with Crippen molar-refractivity contribution in [2.45, 2.75) is 25.8 Å². The van der Waals surface area contributed by atoms with E-state index in [1.54, 1.807) is 24.3 Å². The van der Waals surface area contributed by atoms with Crippen molar-refractivity contribution in [2.24, 2.45) is 0 Å². The summed E-state index contributed by atoms with van der Waals surface area (Å²) in [4.78, 5) is 25.9. The Kier molecular flexibility index (Phi) is 7.07. The van der Waals surface area contributed by atoms with Crippen molar-refractivity contribution in [3.63, 3.8) is 0 Å². The molecule has 0 spiro atoms. The fraction of sp³-hybridized carbons (Fsp3) is 0.154. The Labute approximate surface area is 217 Å². The van der Waals surface area contributed by atoms with Gasteiger partial charge in [-0.1, -0.05) is 29.8 Å². The second-order valence-corrected chi connectivity index (χ2v) is 9.91. The van der Waals surface area contributed by atoms with Gasteiger partial charge in [-0.05, 0) is 62.2 Å². The van der Waals surface area contributed by atoms with Crippen LogP contribution in [0.4, 0.5) is 5.82 Å². The monoisotopic (exact) mass is 523 g/mol. The van der Waals surface area contributed by atoms with Crippen LogP contribution < -0.4 is 19.9 Å². The fourth-order valence-electron chi connectivity index (χ4n) is 3.74. The van der Waals surface area contributed by atoms with Crippen LogP contribution in [0.2, 0.25) is 0 Å². The van der Waals surface area contributed by atoms with Gasteiger partial charge in [0.2, 0.25) is 11.8 Å². The standard InChI is InChI=1S/C26H25N5O5S.2H2/c1-15-13-16(2)24(17(3)14-15)36-26-18(11-12-20(29-26)19-7-5-9-22(28-19)35-4)25(32)31-37(33,34)23-10-6-8-21(27)30-23;;/h5-14H,1-4H3,(H2,27,30)(H,31,32);2*1H. The number of hydrogen-bond donors (Lipinski definition) is 2. The topological polar surface area (TPSA) is 146 Å². The first-order valence-electron chi connectivity index (χ1n) is 11.2. The first-order chi connectivity index (χ1) is 17.6. The summed E-state index contributed by atoms with van der Waals surface area (Å²) in [5.41, 5.74) is 9.08. The molecule has 3 aromatic heterocycles. The lowest BCUT2D eigenvalue weighted by Gasteiger charge is -2.16. The number of ether oxygens (including phenoxy) is 2. The van der Waals surface area contributed by atoms with Gasteiger partial charge < -0.3 is 15.2 Å². The van der Waals surface area contributed by atoms with Gasteiger partial charge >= 0.3 is 0 Å². The average molecular weight is 524 g/mol. The number of aromatic nitrogens is 3. The van der Waals surface area contributed by atoms with Crippen molar-refractivity contribution >= 4 is 21.7 Å². The molecule has 0 saturated heterocycles. The van der Waals surface area contributed by atoms with E-state index in [-0.39, 0.29) is 20.1 Å². The molecule has 3 N–H and O–H groups in total. The number of aryl methyl sites for hydroxylation is 3. The van der Waals surface area contributed by atoms with Crippen LogP contribution in [-0.2, 0) is 10.0 Å². The van der Waals surface area contributed by atoms with Gasteiger partial charge in [0.1, 0.15) is 17.1 Å². The van der Waals surface area contributed by atoms with E-state index in [1.165, 1.54) is 31.4 Å². The second-order valence-electron chi connectivity index (χ2n) is 8.28. The number of carbonyl (C=O) groups is 1. The summed E-state index contributed by atoms with van der Waals surface area (Å²) < 4.78 is 39.0. The Balaban J connectivity index is 0.00000267. The minimum atomic E-state index is -4.32. The minimum Gasteiger partial charge on any atom is -0.481 e. The normalized spacial score (nSPS) is 11.1. The number of pyridine rings is 3. The van der Waals surface area contributed by atoms with E-state index < -0.39 is 21.0 Å². The van der Waals surface area contributed by atoms with Crippen LogP contribution in [-0.4, -0.2) is 36.4 Å². The van der Waals surface area contributed by atoms with Crippen LogP contribution in [0.5, 0.6) is 17.5 Å². The van der Waals surface area contributed by atoms with Crippen LogP contribution in [0, 0.1) is 20.8 Å². The van der Waals surface area contributed by atoms with Crippen LogP contribution in [0.15, 0.2) is 65.7 Å². The van der Waals surface area contributed by atoms with Gasteiger partial charge in [0.25, 0.3) is 15.9 Å². The SMILES string of the molecule is COc1cccc(-c2ccc(C(=O)NS(=O)(=O)c3cccc(N)n3)c(Oc3c(C)cc(C)cc3C)n2)n1.[HH].[HH]. The number of nitrogens with two attached hydrogens (primary N) is 1. The third kappa shape index (κ3) is 5.67. The van der Waals surface area contributed by atoms with Gasteiger partial charge in [0.05, 0.1) is 18.5 Å². The maximum absolute atomic E-state index is 13.2. The molecular weight excluding hydrogens is 494 g/mol. The molecule has 11 heteroatoms. The number of amides is 1. The number of hydrogen-bond acceptors (Lipinski definition) is 9. The van der Waals surface area contributed by atoms with E-state index in [0.29, 0.717) is 23.0 Å². The summed E-state index contributed by atoms with van der Waals surface area (Å²) in [6, 6.07) is 16.1. The number of benzene rings is 1. The number of nitrogen functional groups attached to an aromatic ring is 1. The van der Waals surface area contributed by atoms with Gasteiger partial charge in [-0.15, -0.1) is 0 Å². The first kappa shape index (κ1) is 25.6. The zero-order valence-electron chi connectivity index (χ0n) is 20.6. The molecule has 4 rings (SSSR count). The van der Waals surface area contributed by atoms with Crippen LogP contribution in [0.3, 0.4) is 0 Å². The largest absolute Gasteiger partial charge is 0.481 e. The molecule has 0 saturated carbocycles. The summed E-state index contributed by atoms with van der Waals surface area (Å²) in [6.45, 7) is 5.71. The van der Waals surface area contributed by atoms with E-state index in [1.807, 2.05) is 37.6 Å². The van der Waals surface area contributed by atoms with Gasteiger partial charge in [-0.3, -0.25) is 4.79 Å². The number of sulfonamides is 1. The number of nitrogens with one attached hydrogen (secondary N) is 1. The van der Waals surface area contributed by atoms with Crippen molar-refractivity contribution in [3.05, 3.63) is 82.9 Å². The highest BCUT2D eigenvalue weighted by Crippen LogP contribution is 2.32. The molecule has 0 aliphatic carbocycles. The van der Waals surface area contributed by atoms with Crippen molar-refractivity contribution in [2.75, 3.05) is 12.8 Å². The molecule has 37 heavy (non-hydrogen) atoms. The van der Waals surface area contributed by atoms with E-state index in [9.17, 15) is 13.2 Å². The lowest BCUT2D eigenvalue weighted by atomic mass is 10.1. The minimum absolute atomic E-state index is 0. The fourth-order valence-corrected chi connectivity index (χ4v) is 4.68. The summed E-state index contributed by atoms with van der Waals surface area (Å²) in [6.07, 6.45) is 0. The highest BCUT2D eigenvalue weighted by molar-refractivity contribution is 7.90. The Morgan fingerprint density at radius 2 is 1.59 bits per heavy atom. The highest BCUT2D eigenvalue weighted by Gasteiger charge is 2.25. The average Bonchev–Trinajstić information content (AvgIpc) is 2.86. The van der Waals surface area contributed by atoms with E-state index in [4.69, 9.17) is 15.2 Å². The maximum atomic E-state index is 13.2. The van der Waals surface area contributed by atoms with Gasteiger partial charge in [-0.2, -0.15) is 8.42 Å². The lowest BCUT2D eigenvalue weighted by Crippen LogP contribution is -2.31. The third-order valence-corrected chi connectivity index (χ3v) is 6.58. The Hall–Kier alpha value is -4.51. The predicted octanol–water partition coefficient (Wildman–Crippen LogP) is 4.46. The second kappa shape index (κ2) is 10.2. The predicted molar refractivity (Wildman–Crippen MR) is 142 cm³/mol. The smallest absolute Gasteiger partial charge is 0.281 e. The summed E-state index contributed by atoms with van der Waals surface area (Å²) in [5.74, 6) is -0.149. The zero-order valence-corrected chi connectivity index (χ0v) is 21.5. The number of methoxy groups -OCH3 is 1. The van der Waals surface area contributed by atoms with Crippen molar-refractivity contribution in [3.8, 4) is 28.9 Å². The maximum Gasteiger partial charge on any atom is 0.281 e. The number of nitrogens with zero attached hydrogens (tertiary/aromatic N) is 3. The van der Waals surface area contributed by atoms with Crippen molar-refractivity contribution in [1.82, 2.24) is 19.7 Å². The Morgan fingerprint density at radius 3 is 2.27 bits per heavy atom. The van der Waals surface area contributed by atoms with E-state index in [2.05, 4.69) is 15.0 Å². The van der Waals surface area contributed by atoms with Crippen molar-refractivity contribution in [1.29, 1.82) is 0 Å². The molecule has 0 atom stereocenters. The molecule has 1 aromatic carbocycles. The molecule has 3 heterocycles. The van der Waals surface area contributed by atoms with Gasteiger partial charge in [0.15, 0.2) is 5.03 Å². The molecule has 194 valence electrons. The zero-order chi connectivity index (χ0) is 26.7. The molecule has 0 bridgehead atoms. The Morgan fingerprint density at radius 1 is 0.919 bits per heavy atom. The van der Waals surface area contributed by atoms with E-state index in [0.717, 1.165) is 16.7 Å². The summed E-state index contributed by atoms with van der Waals surface area (Å²) in [7, 11) is -2.82. The van der Waals surface area contributed by atoms with Crippen LogP contribution in [0.1, 0.15) is 29.9 Å². The first-order valence-corrected chi connectivity index (χ1v) is 12.6. The molecule has 1 amide bonds. The van der Waals surface area contributed by atoms with Gasteiger partial charge in [0, 0.05) is 8.92 Å². The lowest BCUT2D eigenvalue weighted by molar-refractivity contribution is 0.0978. The van der Waals surface area contributed by atoms with Crippen molar-refractivity contribution < 1.29 is 25.5 Å². The molecule has 0 radical (unpaired) electrons. The molecular formula is C26H29N5O5S. The molecule has 10 nitrogen and oxygen atoms in total. The molecule has 0 fully saturated rings. The third-order valence-electron chi connectivity index (χ3n) is 5.35. The summed E-state index contributed by atoms with van der Waals surface area (Å²) >= 11 is 0. The molecule has 0 unspecified atom stereocenters. The molecule has 0 aliphatic heterocycles. The number of carbonyl (C=O) groups excluding carboxylic acids is 1. The van der Waals surface area contributed by atoms with Gasteiger partial charge in [-0.25, -0.2) is 19.7 Å². The number of anilines is 1. The molecule has 0 aliphatic rings.